The third-order valence-corrected chi connectivity index (χ3v) is 5.45. The molecule has 0 amide bonds. The van der Waals surface area contributed by atoms with Gasteiger partial charge in [0, 0.05) is 7.11 Å². The van der Waals surface area contributed by atoms with Crippen LogP contribution in [-0.2, 0) is 16.9 Å². The third kappa shape index (κ3) is 2.34. The second-order valence-electron chi connectivity index (χ2n) is 5.66. The zero-order valence-electron chi connectivity index (χ0n) is 12.0. The van der Waals surface area contributed by atoms with Gasteiger partial charge in [-0.1, -0.05) is 24.7 Å². The van der Waals surface area contributed by atoms with E-state index in [4.69, 9.17) is 10.5 Å². The van der Waals surface area contributed by atoms with Gasteiger partial charge in [-0.25, -0.2) is 0 Å². The van der Waals surface area contributed by atoms with E-state index in [2.05, 4.69) is 22.2 Å². The molecule has 110 valence electrons. The zero-order valence-corrected chi connectivity index (χ0v) is 12.8. The first-order valence-corrected chi connectivity index (χ1v) is 7.97. The highest BCUT2D eigenvalue weighted by molar-refractivity contribution is 7.16. The zero-order chi connectivity index (χ0) is 14.2. The number of rotatable bonds is 4. The quantitative estimate of drug-likeness (QED) is 0.934. The highest BCUT2D eigenvalue weighted by Gasteiger charge is 2.36. The Hall–Kier alpha value is -1.05. The van der Waals surface area contributed by atoms with Crippen LogP contribution in [0.15, 0.2) is 0 Å². The molecule has 1 aliphatic carbocycles. The molecular formula is C13H21N5OS. The van der Waals surface area contributed by atoms with E-state index in [-0.39, 0.29) is 5.54 Å². The Bertz CT molecular complexity index is 585. The average Bonchev–Trinajstić information content (AvgIpc) is 3.02. The van der Waals surface area contributed by atoms with Crippen LogP contribution < -0.4 is 5.73 Å². The topological polar surface area (TPSA) is 78.3 Å². The van der Waals surface area contributed by atoms with Crippen molar-refractivity contribution in [2.75, 3.05) is 7.11 Å². The summed E-state index contributed by atoms with van der Waals surface area (Å²) < 4.78 is 6.88. The number of nitrogens with two attached hydrogens (primary N) is 1. The summed E-state index contributed by atoms with van der Waals surface area (Å²) in [4.78, 5) is 0.800. The maximum atomic E-state index is 6.60. The van der Waals surface area contributed by atoms with Gasteiger partial charge in [-0.15, -0.1) is 10.2 Å². The monoisotopic (exact) mass is 295 g/mol. The van der Waals surface area contributed by atoms with E-state index >= 15 is 0 Å². The van der Waals surface area contributed by atoms with Gasteiger partial charge in [-0.05, 0) is 31.6 Å². The van der Waals surface area contributed by atoms with Crippen molar-refractivity contribution in [3.63, 3.8) is 0 Å². The summed E-state index contributed by atoms with van der Waals surface area (Å²) in [5.41, 5.74) is 6.31. The van der Waals surface area contributed by atoms with Crippen LogP contribution >= 0.6 is 11.3 Å². The second-order valence-corrected chi connectivity index (χ2v) is 6.61. The van der Waals surface area contributed by atoms with Crippen molar-refractivity contribution < 1.29 is 4.74 Å². The van der Waals surface area contributed by atoms with Gasteiger partial charge in [-0.3, -0.25) is 0 Å². The number of aromatic nitrogens is 4. The van der Waals surface area contributed by atoms with E-state index in [1.807, 2.05) is 0 Å². The molecule has 0 atom stereocenters. The van der Waals surface area contributed by atoms with Crippen molar-refractivity contribution >= 4 is 16.3 Å². The van der Waals surface area contributed by atoms with Gasteiger partial charge in [0.1, 0.15) is 11.6 Å². The molecule has 0 unspecified atom stereocenters. The summed E-state index contributed by atoms with van der Waals surface area (Å²) >= 11 is 1.56. The minimum Gasteiger partial charge on any atom is -0.377 e. The summed E-state index contributed by atoms with van der Waals surface area (Å²) in [5, 5.41) is 13.8. The fraction of sp³-hybridized carbons (Fsp3) is 0.769. The Balaban J connectivity index is 1.86. The fourth-order valence-corrected chi connectivity index (χ4v) is 3.91. The van der Waals surface area contributed by atoms with Crippen LogP contribution in [0.3, 0.4) is 0 Å². The first-order chi connectivity index (χ1) is 9.66. The van der Waals surface area contributed by atoms with Crippen LogP contribution in [0.1, 0.15) is 49.9 Å². The lowest BCUT2D eigenvalue weighted by molar-refractivity contribution is 0.175. The first kappa shape index (κ1) is 13.9. The van der Waals surface area contributed by atoms with Crippen LogP contribution in [0.25, 0.3) is 4.96 Å². The lowest BCUT2D eigenvalue weighted by Crippen LogP contribution is -2.40. The molecule has 0 aromatic carbocycles. The van der Waals surface area contributed by atoms with Gasteiger partial charge in [-0.2, -0.15) is 9.61 Å². The van der Waals surface area contributed by atoms with Crippen molar-refractivity contribution in [1.29, 1.82) is 0 Å². The van der Waals surface area contributed by atoms with Crippen molar-refractivity contribution in [2.45, 2.75) is 51.2 Å². The summed E-state index contributed by atoms with van der Waals surface area (Å²) in [7, 11) is 1.64. The molecule has 1 aliphatic rings. The lowest BCUT2D eigenvalue weighted by atomic mass is 9.76. The third-order valence-electron chi connectivity index (χ3n) is 4.33. The number of hydrogen-bond acceptors (Lipinski definition) is 6. The Labute approximate surface area is 122 Å². The lowest BCUT2D eigenvalue weighted by Gasteiger charge is -2.34. The Morgan fingerprint density at radius 1 is 1.40 bits per heavy atom. The molecule has 1 saturated carbocycles. The molecule has 0 aliphatic heterocycles. The molecule has 3 rings (SSSR count). The second kappa shape index (κ2) is 5.38. The summed E-state index contributed by atoms with van der Waals surface area (Å²) in [5.74, 6) is 1.55. The fourth-order valence-electron chi connectivity index (χ4n) is 2.89. The molecule has 6 nitrogen and oxygen atoms in total. The molecule has 7 heteroatoms. The van der Waals surface area contributed by atoms with E-state index in [0.717, 1.165) is 34.6 Å². The van der Waals surface area contributed by atoms with Gasteiger partial charge in [0.15, 0.2) is 5.82 Å². The van der Waals surface area contributed by atoms with E-state index in [1.165, 1.54) is 19.3 Å². The molecule has 2 aromatic heterocycles. The van der Waals surface area contributed by atoms with Crippen LogP contribution in [-0.4, -0.2) is 26.9 Å². The molecule has 0 radical (unpaired) electrons. The maximum Gasteiger partial charge on any atom is 0.234 e. The van der Waals surface area contributed by atoms with Crippen LogP contribution in [0.4, 0.5) is 0 Å². The summed E-state index contributed by atoms with van der Waals surface area (Å²) in [6.45, 7) is 2.67. The van der Waals surface area contributed by atoms with Crippen LogP contribution in [0.2, 0.25) is 0 Å². The van der Waals surface area contributed by atoms with Crippen molar-refractivity contribution in [1.82, 2.24) is 19.8 Å². The van der Waals surface area contributed by atoms with Gasteiger partial charge >= 0.3 is 0 Å². The molecule has 20 heavy (non-hydrogen) atoms. The highest BCUT2D eigenvalue weighted by atomic mass is 32.1. The number of hydrogen-bond donors (Lipinski definition) is 1. The molecule has 0 spiro atoms. The first-order valence-electron chi connectivity index (χ1n) is 7.15. The molecule has 1 fully saturated rings. The Kier molecular flexibility index (Phi) is 3.74. The Morgan fingerprint density at radius 3 is 2.80 bits per heavy atom. The number of ether oxygens (including phenoxy) is 1. The standard InChI is InChI=1S/C13H21N5OS/c1-3-9-4-6-13(14,7-5-9)11-17-18-10(8-19-2)15-16-12(18)20-11/h9H,3-8,14H2,1-2H3. The summed E-state index contributed by atoms with van der Waals surface area (Å²) in [6.07, 6.45) is 5.65. The minimum absolute atomic E-state index is 0.290. The normalized spacial score (nSPS) is 27.2. The molecule has 2 heterocycles. The highest BCUT2D eigenvalue weighted by Crippen LogP contribution is 2.39. The van der Waals surface area contributed by atoms with E-state index in [0.29, 0.717) is 6.61 Å². The maximum absolute atomic E-state index is 6.60. The minimum atomic E-state index is -0.290. The molecule has 0 saturated heterocycles. The van der Waals surface area contributed by atoms with E-state index < -0.39 is 0 Å². The summed E-state index contributed by atoms with van der Waals surface area (Å²) in [6, 6.07) is 0. The molecular weight excluding hydrogens is 274 g/mol. The predicted octanol–water partition coefficient (Wildman–Crippen LogP) is 2.09. The van der Waals surface area contributed by atoms with Gasteiger partial charge in [0.2, 0.25) is 4.96 Å². The van der Waals surface area contributed by atoms with Gasteiger partial charge in [0.25, 0.3) is 0 Å². The molecule has 0 bridgehead atoms. The molecule has 2 N–H and O–H groups in total. The predicted molar refractivity (Wildman–Crippen MR) is 77.5 cm³/mol. The van der Waals surface area contributed by atoms with E-state index in [1.54, 1.807) is 23.0 Å². The van der Waals surface area contributed by atoms with Crippen molar-refractivity contribution in [2.24, 2.45) is 11.7 Å². The van der Waals surface area contributed by atoms with Crippen LogP contribution in [0.5, 0.6) is 0 Å². The van der Waals surface area contributed by atoms with Crippen molar-refractivity contribution in [3.05, 3.63) is 10.8 Å². The average molecular weight is 295 g/mol. The van der Waals surface area contributed by atoms with E-state index in [9.17, 15) is 0 Å². The SMILES string of the molecule is CCC1CCC(N)(c2nn3c(COC)nnc3s2)CC1. The Morgan fingerprint density at radius 2 is 2.15 bits per heavy atom. The van der Waals surface area contributed by atoms with Crippen LogP contribution in [0, 0.1) is 5.92 Å². The molecule has 2 aromatic rings. The van der Waals surface area contributed by atoms with Gasteiger partial charge < -0.3 is 10.5 Å². The largest absolute Gasteiger partial charge is 0.377 e. The van der Waals surface area contributed by atoms with Crippen molar-refractivity contribution in [3.8, 4) is 0 Å². The number of fused-ring (bicyclic) bond motifs is 1. The van der Waals surface area contributed by atoms with Gasteiger partial charge in [0.05, 0.1) is 5.54 Å². The number of nitrogens with zero attached hydrogens (tertiary/aromatic N) is 4. The number of methoxy groups -OCH3 is 1. The smallest absolute Gasteiger partial charge is 0.234 e.